The second kappa shape index (κ2) is 7.77. The van der Waals surface area contributed by atoms with Crippen LogP contribution in [0.3, 0.4) is 0 Å². The number of rotatable bonds is 5. The van der Waals surface area contributed by atoms with Gasteiger partial charge in [-0.1, -0.05) is 35.9 Å². The van der Waals surface area contributed by atoms with E-state index in [9.17, 15) is 9.18 Å². The Hall–Kier alpha value is -2.92. The molecule has 2 aromatic carbocycles. The largest absolute Gasteiger partial charge is 0.366 e. The summed E-state index contributed by atoms with van der Waals surface area (Å²) in [6, 6.07) is 16.8. The average Bonchev–Trinajstić information content (AvgIpc) is 2.63. The molecule has 0 saturated carbocycles. The van der Waals surface area contributed by atoms with Gasteiger partial charge in [0.2, 0.25) is 0 Å². The molecule has 0 fully saturated rings. The van der Waals surface area contributed by atoms with Gasteiger partial charge in [-0.05, 0) is 42.0 Å². The average molecular weight is 356 g/mol. The van der Waals surface area contributed by atoms with E-state index in [1.807, 2.05) is 24.3 Å². The minimum absolute atomic E-state index is 0.137. The van der Waals surface area contributed by atoms with Crippen LogP contribution in [-0.2, 0) is 6.54 Å². The minimum Gasteiger partial charge on any atom is -0.366 e. The lowest BCUT2D eigenvalue weighted by atomic mass is 10.2. The molecule has 0 atom stereocenters. The Morgan fingerprint density at radius 2 is 1.80 bits per heavy atom. The fraction of sp³-hybridized carbons (Fsp3) is 0.0526. The number of carbonyl (C=O) groups excluding carboxylic acids is 1. The Labute approximate surface area is 149 Å². The molecule has 25 heavy (non-hydrogen) atoms. The van der Waals surface area contributed by atoms with Gasteiger partial charge in [0.1, 0.15) is 11.6 Å². The van der Waals surface area contributed by atoms with Gasteiger partial charge in [0.15, 0.2) is 0 Å². The molecule has 1 heterocycles. The summed E-state index contributed by atoms with van der Waals surface area (Å²) >= 11 is 5.85. The van der Waals surface area contributed by atoms with E-state index in [0.29, 0.717) is 22.9 Å². The van der Waals surface area contributed by atoms with Gasteiger partial charge in [-0.2, -0.15) is 0 Å². The zero-order valence-corrected chi connectivity index (χ0v) is 13.9. The molecule has 0 unspecified atom stereocenters. The SMILES string of the molecule is O=C(Nc1ccccc1F)c1ccc(NCc2ccc(Cl)cc2)nc1. The van der Waals surface area contributed by atoms with Crippen molar-refractivity contribution in [2.75, 3.05) is 10.6 Å². The third kappa shape index (κ3) is 4.55. The summed E-state index contributed by atoms with van der Waals surface area (Å²) in [5.41, 5.74) is 1.55. The van der Waals surface area contributed by atoms with Gasteiger partial charge in [-0.3, -0.25) is 4.79 Å². The number of hydrogen-bond acceptors (Lipinski definition) is 3. The highest BCUT2D eigenvalue weighted by Crippen LogP contribution is 2.15. The smallest absolute Gasteiger partial charge is 0.257 e. The minimum atomic E-state index is -0.481. The van der Waals surface area contributed by atoms with E-state index in [2.05, 4.69) is 15.6 Å². The molecule has 6 heteroatoms. The van der Waals surface area contributed by atoms with Gasteiger partial charge >= 0.3 is 0 Å². The molecule has 0 saturated heterocycles. The maximum atomic E-state index is 13.6. The molecule has 0 bridgehead atoms. The standard InChI is InChI=1S/C19H15ClFN3O/c20-15-8-5-13(6-9-15)11-22-18-10-7-14(12-23-18)19(25)24-17-4-2-1-3-16(17)21/h1-10,12H,11H2,(H,22,23)(H,24,25). The van der Waals surface area contributed by atoms with Crippen molar-refractivity contribution in [2.45, 2.75) is 6.54 Å². The van der Waals surface area contributed by atoms with Crippen LogP contribution in [0.1, 0.15) is 15.9 Å². The number of halogens is 2. The number of hydrogen-bond donors (Lipinski definition) is 2. The summed E-state index contributed by atoms with van der Waals surface area (Å²) < 4.78 is 13.6. The summed E-state index contributed by atoms with van der Waals surface area (Å²) in [4.78, 5) is 16.3. The Morgan fingerprint density at radius 3 is 2.48 bits per heavy atom. The third-order valence-corrected chi connectivity index (χ3v) is 3.79. The van der Waals surface area contributed by atoms with Crippen LogP contribution in [0, 0.1) is 5.82 Å². The van der Waals surface area contributed by atoms with E-state index in [1.54, 1.807) is 24.3 Å². The highest BCUT2D eigenvalue weighted by atomic mass is 35.5. The molecule has 3 aromatic rings. The van der Waals surface area contributed by atoms with Crippen molar-refractivity contribution in [2.24, 2.45) is 0 Å². The van der Waals surface area contributed by atoms with Crippen LogP contribution in [-0.4, -0.2) is 10.9 Å². The van der Waals surface area contributed by atoms with Crippen molar-refractivity contribution in [1.29, 1.82) is 0 Å². The van der Waals surface area contributed by atoms with Crippen molar-refractivity contribution in [1.82, 2.24) is 4.98 Å². The number of carbonyl (C=O) groups is 1. The molecule has 0 spiro atoms. The maximum absolute atomic E-state index is 13.6. The van der Waals surface area contributed by atoms with E-state index in [0.717, 1.165) is 5.56 Å². The van der Waals surface area contributed by atoms with E-state index in [4.69, 9.17) is 11.6 Å². The van der Waals surface area contributed by atoms with Crippen LogP contribution < -0.4 is 10.6 Å². The first-order valence-corrected chi connectivity index (χ1v) is 8.00. The van der Waals surface area contributed by atoms with E-state index in [1.165, 1.54) is 18.3 Å². The van der Waals surface area contributed by atoms with E-state index >= 15 is 0 Å². The van der Waals surface area contributed by atoms with Crippen LogP contribution in [0.4, 0.5) is 15.9 Å². The summed E-state index contributed by atoms with van der Waals surface area (Å²) in [5, 5.41) is 6.37. The van der Waals surface area contributed by atoms with Crippen LogP contribution in [0.15, 0.2) is 66.9 Å². The number of nitrogens with one attached hydrogen (secondary N) is 2. The normalized spacial score (nSPS) is 10.3. The van der Waals surface area contributed by atoms with Gasteiger partial charge in [0.25, 0.3) is 5.91 Å². The van der Waals surface area contributed by atoms with Gasteiger partial charge in [-0.15, -0.1) is 0 Å². The molecule has 2 N–H and O–H groups in total. The first-order valence-electron chi connectivity index (χ1n) is 7.62. The summed E-state index contributed by atoms with van der Waals surface area (Å²) in [6.45, 7) is 0.588. The number of amides is 1. The van der Waals surface area contributed by atoms with Crippen molar-refractivity contribution in [3.63, 3.8) is 0 Å². The van der Waals surface area contributed by atoms with E-state index < -0.39 is 11.7 Å². The predicted molar refractivity (Wildman–Crippen MR) is 97.4 cm³/mol. The Balaban J connectivity index is 1.60. The van der Waals surface area contributed by atoms with Crippen molar-refractivity contribution in [3.8, 4) is 0 Å². The fourth-order valence-electron chi connectivity index (χ4n) is 2.18. The highest BCUT2D eigenvalue weighted by molar-refractivity contribution is 6.30. The van der Waals surface area contributed by atoms with Crippen molar-refractivity contribution in [3.05, 3.63) is 88.8 Å². The topological polar surface area (TPSA) is 54.0 Å². The van der Waals surface area contributed by atoms with Crippen LogP contribution in [0.25, 0.3) is 0 Å². The first kappa shape index (κ1) is 16.9. The van der Waals surface area contributed by atoms with Gasteiger partial charge in [0, 0.05) is 17.8 Å². The molecule has 1 amide bonds. The number of benzene rings is 2. The van der Waals surface area contributed by atoms with E-state index in [-0.39, 0.29) is 5.69 Å². The fourth-order valence-corrected chi connectivity index (χ4v) is 2.31. The quantitative estimate of drug-likeness (QED) is 0.695. The lowest BCUT2D eigenvalue weighted by Gasteiger charge is -2.08. The number of pyridine rings is 1. The zero-order chi connectivity index (χ0) is 17.6. The van der Waals surface area contributed by atoms with Crippen LogP contribution >= 0.6 is 11.6 Å². The number of nitrogens with zero attached hydrogens (tertiary/aromatic N) is 1. The molecule has 0 aliphatic carbocycles. The highest BCUT2D eigenvalue weighted by Gasteiger charge is 2.09. The van der Waals surface area contributed by atoms with Gasteiger partial charge in [-0.25, -0.2) is 9.37 Å². The number of para-hydroxylation sites is 1. The Morgan fingerprint density at radius 1 is 1.04 bits per heavy atom. The van der Waals surface area contributed by atoms with Crippen molar-refractivity contribution < 1.29 is 9.18 Å². The molecule has 4 nitrogen and oxygen atoms in total. The van der Waals surface area contributed by atoms with Crippen LogP contribution in [0.2, 0.25) is 5.02 Å². The Kier molecular flexibility index (Phi) is 5.26. The molecule has 0 radical (unpaired) electrons. The predicted octanol–water partition coefficient (Wildman–Crippen LogP) is 4.74. The van der Waals surface area contributed by atoms with Gasteiger partial charge < -0.3 is 10.6 Å². The first-order chi connectivity index (χ1) is 12.1. The molecule has 126 valence electrons. The second-order valence-electron chi connectivity index (χ2n) is 5.35. The van der Waals surface area contributed by atoms with Crippen LogP contribution in [0.5, 0.6) is 0 Å². The zero-order valence-electron chi connectivity index (χ0n) is 13.2. The molecular weight excluding hydrogens is 341 g/mol. The maximum Gasteiger partial charge on any atom is 0.257 e. The molecule has 3 rings (SSSR count). The molecule has 0 aliphatic rings. The number of anilines is 2. The summed E-state index contributed by atoms with van der Waals surface area (Å²) in [5.74, 6) is -0.260. The third-order valence-electron chi connectivity index (χ3n) is 3.53. The summed E-state index contributed by atoms with van der Waals surface area (Å²) in [6.07, 6.45) is 1.44. The lowest BCUT2D eigenvalue weighted by molar-refractivity contribution is 0.102. The molecule has 1 aromatic heterocycles. The van der Waals surface area contributed by atoms with Crippen molar-refractivity contribution >= 4 is 29.0 Å². The second-order valence-corrected chi connectivity index (χ2v) is 5.78. The van der Waals surface area contributed by atoms with Gasteiger partial charge in [0.05, 0.1) is 11.3 Å². The lowest BCUT2D eigenvalue weighted by Crippen LogP contribution is -2.13. The monoisotopic (exact) mass is 355 g/mol. The molecular formula is C19H15ClFN3O. The Bertz CT molecular complexity index is 867. The number of aromatic nitrogens is 1. The molecule has 0 aliphatic heterocycles. The summed E-state index contributed by atoms with van der Waals surface area (Å²) in [7, 11) is 0.